The third-order valence-electron chi connectivity index (χ3n) is 2.50. The summed E-state index contributed by atoms with van der Waals surface area (Å²) >= 11 is 0. The van der Waals surface area contributed by atoms with Crippen LogP contribution in [0.4, 0.5) is 0 Å². The molecule has 0 atom stereocenters. The summed E-state index contributed by atoms with van der Waals surface area (Å²) in [6.45, 7) is 2.89. The summed E-state index contributed by atoms with van der Waals surface area (Å²) in [5, 5.41) is 2.74. The number of hydrogen-bond donors (Lipinski definition) is 3. The van der Waals surface area contributed by atoms with Crippen LogP contribution in [0.25, 0.3) is 11.0 Å². The molecule has 2 aromatic rings. The van der Waals surface area contributed by atoms with Gasteiger partial charge in [-0.3, -0.25) is 4.79 Å². The minimum absolute atomic E-state index is 0.00830. The van der Waals surface area contributed by atoms with E-state index in [-0.39, 0.29) is 5.91 Å². The molecule has 0 saturated heterocycles. The molecule has 1 aromatic heterocycles. The van der Waals surface area contributed by atoms with Crippen molar-refractivity contribution in [1.82, 2.24) is 15.3 Å². The average Bonchev–Trinajstić information content (AvgIpc) is 2.65. The van der Waals surface area contributed by atoms with Crippen molar-refractivity contribution >= 4 is 16.9 Å². The van der Waals surface area contributed by atoms with Crippen molar-refractivity contribution in [2.45, 2.75) is 13.3 Å². The molecule has 90 valence electrons. The summed E-state index contributed by atoms with van der Waals surface area (Å²) in [7, 11) is 0. The number of aryl methyl sites for hydroxylation is 1. The van der Waals surface area contributed by atoms with Gasteiger partial charge in [-0.05, 0) is 24.6 Å². The van der Waals surface area contributed by atoms with Crippen molar-refractivity contribution in [3.05, 3.63) is 29.6 Å². The Hall–Kier alpha value is -1.88. The van der Waals surface area contributed by atoms with Gasteiger partial charge in [-0.15, -0.1) is 0 Å². The number of carbonyl (C=O) groups excluding carboxylic acids is 1. The molecule has 0 spiro atoms. The van der Waals surface area contributed by atoms with E-state index < -0.39 is 0 Å². The monoisotopic (exact) mass is 232 g/mol. The number of nitrogens with two attached hydrogens (primary N) is 1. The van der Waals surface area contributed by atoms with Gasteiger partial charge in [0.1, 0.15) is 5.82 Å². The third-order valence-corrected chi connectivity index (χ3v) is 2.50. The predicted octanol–water partition coefficient (Wildman–Crippen LogP) is 0.489. The lowest BCUT2D eigenvalue weighted by molar-refractivity contribution is -0.120. The van der Waals surface area contributed by atoms with Crippen LogP contribution in [-0.2, 0) is 11.2 Å². The highest BCUT2D eigenvalue weighted by Crippen LogP contribution is 2.13. The van der Waals surface area contributed by atoms with Gasteiger partial charge >= 0.3 is 0 Å². The number of nitrogens with one attached hydrogen (secondary N) is 2. The van der Waals surface area contributed by atoms with E-state index >= 15 is 0 Å². The van der Waals surface area contributed by atoms with Crippen LogP contribution in [0.5, 0.6) is 0 Å². The molecule has 1 aromatic carbocycles. The van der Waals surface area contributed by atoms with Gasteiger partial charge in [-0.1, -0.05) is 6.07 Å². The van der Waals surface area contributed by atoms with Crippen molar-refractivity contribution in [3.63, 3.8) is 0 Å². The number of carbonyl (C=O) groups is 1. The molecule has 5 nitrogen and oxygen atoms in total. The first-order valence-corrected chi connectivity index (χ1v) is 5.61. The van der Waals surface area contributed by atoms with Crippen LogP contribution in [0.1, 0.15) is 11.4 Å². The molecule has 2 rings (SSSR count). The van der Waals surface area contributed by atoms with E-state index in [1.54, 1.807) is 0 Å². The molecule has 0 radical (unpaired) electrons. The Bertz CT molecular complexity index is 532. The highest BCUT2D eigenvalue weighted by atomic mass is 16.1. The Balaban J connectivity index is 2.10. The first-order chi connectivity index (χ1) is 8.19. The molecule has 0 aliphatic heterocycles. The predicted molar refractivity (Wildman–Crippen MR) is 66.6 cm³/mol. The number of imidazole rings is 1. The number of hydrogen-bond acceptors (Lipinski definition) is 3. The van der Waals surface area contributed by atoms with Crippen LogP contribution in [0.3, 0.4) is 0 Å². The number of amides is 1. The molecule has 1 amide bonds. The van der Waals surface area contributed by atoms with Gasteiger partial charge in [0, 0.05) is 13.1 Å². The maximum atomic E-state index is 11.5. The molecule has 0 aliphatic rings. The summed E-state index contributed by atoms with van der Waals surface area (Å²) < 4.78 is 0. The summed E-state index contributed by atoms with van der Waals surface area (Å²) in [5.41, 5.74) is 8.18. The van der Waals surface area contributed by atoms with E-state index in [9.17, 15) is 4.79 Å². The van der Waals surface area contributed by atoms with Gasteiger partial charge in [0.2, 0.25) is 5.91 Å². The molecule has 0 saturated carbocycles. The summed E-state index contributed by atoms with van der Waals surface area (Å²) in [4.78, 5) is 19.0. The Morgan fingerprint density at radius 1 is 1.53 bits per heavy atom. The molecular formula is C12H16N4O. The lowest BCUT2D eigenvalue weighted by Gasteiger charge is -2.03. The highest BCUT2D eigenvalue weighted by molar-refractivity contribution is 5.81. The normalized spacial score (nSPS) is 10.7. The van der Waals surface area contributed by atoms with Crippen LogP contribution < -0.4 is 11.1 Å². The number of H-pyrrole nitrogens is 1. The average molecular weight is 232 g/mol. The fourth-order valence-corrected chi connectivity index (χ4v) is 1.75. The number of aromatic amines is 1. The van der Waals surface area contributed by atoms with Gasteiger partial charge in [0.15, 0.2) is 0 Å². The fourth-order valence-electron chi connectivity index (χ4n) is 1.75. The second-order valence-electron chi connectivity index (χ2n) is 3.99. The largest absolute Gasteiger partial charge is 0.355 e. The standard InChI is InChI=1S/C12H16N4O/c1-8-15-10-3-2-9(6-11(10)16-8)7-12(17)14-5-4-13/h2-3,6H,4-5,7,13H2,1H3,(H,14,17)(H,15,16). The number of fused-ring (bicyclic) bond motifs is 1. The Labute approximate surface area is 99.4 Å². The van der Waals surface area contributed by atoms with E-state index in [4.69, 9.17) is 5.73 Å². The fraction of sp³-hybridized carbons (Fsp3) is 0.333. The molecular weight excluding hydrogens is 216 g/mol. The van der Waals surface area contributed by atoms with E-state index in [0.717, 1.165) is 22.4 Å². The smallest absolute Gasteiger partial charge is 0.224 e. The zero-order valence-electron chi connectivity index (χ0n) is 9.79. The number of rotatable bonds is 4. The molecule has 5 heteroatoms. The first kappa shape index (κ1) is 11.6. The second-order valence-corrected chi connectivity index (χ2v) is 3.99. The van der Waals surface area contributed by atoms with Crippen molar-refractivity contribution < 1.29 is 4.79 Å². The van der Waals surface area contributed by atoms with Gasteiger partial charge in [0.05, 0.1) is 17.5 Å². The Kier molecular flexibility index (Phi) is 3.39. The number of aromatic nitrogens is 2. The van der Waals surface area contributed by atoms with Crippen LogP contribution in [0.15, 0.2) is 18.2 Å². The number of nitrogens with zero attached hydrogens (tertiary/aromatic N) is 1. The lowest BCUT2D eigenvalue weighted by atomic mass is 10.1. The van der Waals surface area contributed by atoms with Crippen molar-refractivity contribution in [3.8, 4) is 0 Å². The Morgan fingerprint density at radius 2 is 2.35 bits per heavy atom. The number of benzene rings is 1. The first-order valence-electron chi connectivity index (χ1n) is 5.61. The van der Waals surface area contributed by atoms with E-state index in [1.807, 2.05) is 25.1 Å². The maximum Gasteiger partial charge on any atom is 0.224 e. The SMILES string of the molecule is Cc1nc2ccc(CC(=O)NCCN)cc2[nH]1. The second kappa shape index (κ2) is 4.97. The van der Waals surface area contributed by atoms with Gasteiger partial charge < -0.3 is 16.0 Å². The third kappa shape index (κ3) is 2.82. The van der Waals surface area contributed by atoms with E-state index in [2.05, 4.69) is 15.3 Å². The van der Waals surface area contributed by atoms with Crippen molar-refractivity contribution in [2.24, 2.45) is 5.73 Å². The van der Waals surface area contributed by atoms with Gasteiger partial charge in [-0.2, -0.15) is 0 Å². The summed E-state index contributed by atoms with van der Waals surface area (Å²) in [5.74, 6) is 0.871. The van der Waals surface area contributed by atoms with Crippen LogP contribution in [0, 0.1) is 6.92 Å². The van der Waals surface area contributed by atoms with Crippen molar-refractivity contribution in [1.29, 1.82) is 0 Å². The van der Waals surface area contributed by atoms with Gasteiger partial charge in [0.25, 0.3) is 0 Å². The molecule has 0 unspecified atom stereocenters. The minimum Gasteiger partial charge on any atom is -0.355 e. The van der Waals surface area contributed by atoms with E-state index in [0.29, 0.717) is 19.5 Å². The highest BCUT2D eigenvalue weighted by Gasteiger charge is 2.05. The zero-order valence-corrected chi connectivity index (χ0v) is 9.79. The van der Waals surface area contributed by atoms with Crippen molar-refractivity contribution in [2.75, 3.05) is 13.1 Å². The quantitative estimate of drug-likeness (QED) is 0.717. The van der Waals surface area contributed by atoms with Crippen LogP contribution >= 0.6 is 0 Å². The lowest BCUT2D eigenvalue weighted by Crippen LogP contribution is -2.30. The van der Waals surface area contributed by atoms with Gasteiger partial charge in [-0.25, -0.2) is 4.98 Å². The Morgan fingerprint density at radius 3 is 3.12 bits per heavy atom. The summed E-state index contributed by atoms with van der Waals surface area (Å²) in [6, 6.07) is 5.80. The maximum absolute atomic E-state index is 11.5. The zero-order chi connectivity index (χ0) is 12.3. The molecule has 0 bridgehead atoms. The topological polar surface area (TPSA) is 83.8 Å². The minimum atomic E-state index is -0.00830. The molecule has 17 heavy (non-hydrogen) atoms. The summed E-state index contributed by atoms with van der Waals surface area (Å²) in [6.07, 6.45) is 0.369. The molecule has 4 N–H and O–H groups in total. The molecule has 1 heterocycles. The van der Waals surface area contributed by atoms with E-state index in [1.165, 1.54) is 0 Å². The van der Waals surface area contributed by atoms with Crippen LogP contribution in [0.2, 0.25) is 0 Å². The molecule has 0 aliphatic carbocycles. The van der Waals surface area contributed by atoms with Crippen LogP contribution in [-0.4, -0.2) is 29.0 Å². The molecule has 0 fully saturated rings.